The van der Waals surface area contributed by atoms with Gasteiger partial charge in [-0.25, -0.2) is 8.78 Å². The zero-order valence-corrected chi connectivity index (χ0v) is 19.6. The Bertz CT molecular complexity index is 1320. The number of amides is 1. The van der Waals surface area contributed by atoms with Gasteiger partial charge in [0.05, 0.1) is 32.4 Å². The first-order valence-electron chi connectivity index (χ1n) is 10.4. The molecule has 0 saturated heterocycles. The van der Waals surface area contributed by atoms with E-state index in [0.717, 1.165) is 47.9 Å². The molecular formula is C22H16BrF5N4O4. The highest BCUT2D eigenvalue weighted by atomic mass is 79.9. The van der Waals surface area contributed by atoms with Gasteiger partial charge in [0.25, 0.3) is 12.1 Å². The summed E-state index contributed by atoms with van der Waals surface area (Å²) in [5, 5.41) is 17.6. The van der Waals surface area contributed by atoms with Gasteiger partial charge in [-0.05, 0) is 47.0 Å². The molecule has 0 unspecified atom stereocenters. The lowest BCUT2D eigenvalue weighted by molar-refractivity contribution is -0.384. The van der Waals surface area contributed by atoms with E-state index in [1.165, 1.54) is 12.1 Å². The molecular weight excluding hydrogens is 559 g/mol. The SMILES string of the molecule is O=C(Cn1nc(C(F)F)c(Br)c1C1CC1)Nc1cc(Oc2cccc(C(F)(F)F)c2)cc([N+](=O)[O-])c1. The number of alkyl halides is 5. The van der Waals surface area contributed by atoms with E-state index in [2.05, 4.69) is 26.3 Å². The van der Waals surface area contributed by atoms with E-state index >= 15 is 0 Å². The van der Waals surface area contributed by atoms with Crippen molar-refractivity contribution >= 4 is 33.2 Å². The number of hydrogen-bond acceptors (Lipinski definition) is 5. The molecule has 1 amide bonds. The summed E-state index contributed by atoms with van der Waals surface area (Å²) in [6, 6.07) is 7.13. The molecule has 1 heterocycles. The lowest BCUT2D eigenvalue weighted by Gasteiger charge is -2.12. The minimum absolute atomic E-state index is 0.0162. The Morgan fingerprint density at radius 3 is 2.56 bits per heavy atom. The second-order valence-corrected chi connectivity index (χ2v) is 8.76. The molecule has 2 aromatic carbocycles. The highest BCUT2D eigenvalue weighted by molar-refractivity contribution is 9.10. The fourth-order valence-electron chi connectivity index (χ4n) is 3.51. The van der Waals surface area contributed by atoms with Gasteiger partial charge in [-0.1, -0.05) is 6.07 Å². The number of aromatic nitrogens is 2. The van der Waals surface area contributed by atoms with Gasteiger partial charge in [0.15, 0.2) is 0 Å². The van der Waals surface area contributed by atoms with E-state index in [9.17, 15) is 36.9 Å². The molecule has 0 aliphatic heterocycles. The third-order valence-corrected chi connectivity index (χ3v) is 6.02. The van der Waals surface area contributed by atoms with Crippen LogP contribution in [0.1, 0.15) is 42.1 Å². The van der Waals surface area contributed by atoms with Crippen molar-refractivity contribution in [1.29, 1.82) is 0 Å². The summed E-state index contributed by atoms with van der Waals surface area (Å²) in [5.74, 6) is -1.15. The first kappa shape index (κ1) is 25.5. The molecule has 1 aliphatic rings. The molecule has 1 aliphatic carbocycles. The largest absolute Gasteiger partial charge is 0.457 e. The van der Waals surface area contributed by atoms with Gasteiger partial charge >= 0.3 is 6.18 Å². The molecule has 0 atom stereocenters. The second-order valence-electron chi connectivity index (χ2n) is 7.97. The van der Waals surface area contributed by atoms with Crippen LogP contribution in [0.3, 0.4) is 0 Å². The number of non-ortho nitro benzene ring substituents is 1. The Kier molecular flexibility index (Phi) is 6.98. The first-order valence-corrected chi connectivity index (χ1v) is 11.2. The number of benzene rings is 2. The summed E-state index contributed by atoms with van der Waals surface area (Å²) < 4.78 is 72.2. The number of nitro groups is 1. The molecule has 8 nitrogen and oxygen atoms in total. The zero-order chi connectivity index (χ0) is 26.2. The molecule has 1 saturated carbocycles. The van der Waals surface area contributed by atoms with Crippen molar-refractivity contribution in [3.05, 3.63) is 74.0 Å². The number of carbonyl (C=O) groups is 1. The van der Waals surface area contributed by atoms with Crippen LogP contribution in [-0.2, 0) is 17.5 Å². The van der Waals surface area contributed by atoms with Crippen molar-refractivity contribution in [2.24, 2.45) is 0 Å². The average molecular weight is 575 g/mol. The van der Waals surface area contributed by atoms with E-state index in [-0.39, 0.29) is 27.6 Å². The van der Waals surface area contributed by atoms with Crippen molar-refractivity contribution in [2.75, 3.05) is 5.32 Å². The molecule has 190 valence electrons. The standard InChI is InChI=1S/C22H16BrF5N4O4/c23-18-19(21(24)25)30-31(20(18)11-4-5-11)10-17(33)29-13-7-14(32(34)35)9-16(8-13)36-15-3-1-2-12(6-15)22(26,27)28/h1-3,6-9,11,21H,4-5,10H2,(H,29,33). The van der Waals surface area contributed by atoms with Crippen LogP contribution in [0.15, 0.2) is 46.9 Å². The van der Waals surface area contributed by atoms with Crippen LogP contribution in [-0.4, -0.2) is 20.6 Å². The minimum atomic E-state index is -4.62. The number of halogens is 6. The Morgan fingerprint density at radius 2 is 1.94 bits per heavy atom. The summed E-state index contributed by atoms with van der Waals surface area (Å²) in [6.07, 6.45) is -5.95. The molecule has 0 spiro atoms. The maximum atomic E-state index is 13.3. The van der Waals surface area contributed by atoms with Crippen LogP contribution in [0.5, 0.6) is 11.5 Å². The summed E-state index contributed by atoms with van der Waals surface area (Å²) in [5.41, 5.74) is -1.57. The van der Waals surface area contributed by atoms with Gasteiger partial charge in [-0.3, -0.25) is 19.6 Å². The van der Waals surface area contributed by atoms with Crippen molar-refractivity contribution in [3.63, 3.8) is 0 Å². The second kappa shape index (κ2) is 9.84. The van der Waals surface area contributed by atoms with E-state index < -0.39 is 46.9 Å². The van der Waals surface area contributed by atoms with Gasteiger partial charge in [0.2, 0.25) is 5.91 Å². The average Bonchev–Trinajstić information content (AvgIpc) is 3.56. The summed E-state index contributed by atoms with van der Waals surface area (Å²) in [6.45, 7) is -0.441. The van der Waals surface area contributed by atoms with E-state index in [1.807, 2.05) is 0 Å². The lowest BCUT2D eigenvalue weighted by Crippen LogP contribution is -2.21. The molecule has 0 bridgehead atoms. The number of ether oxygens (including phenoxy) is 1. The number of rotatable bonds is 8. The zero-order valence-electron chi connectivity index (χ0n) is 18.1. The summed E-state index contributed by atoms with van der Waals surface area (Å²) >= 11 is 3.13. The minimum Gasteiger partial charge on any atom is -0.457 e. The topological polar surface area (TPSA) is 99.3 Å². The molecule has 3 aromatic rings. The fraction of sp³-hybridized carbons (Fsp3) is 0.273. The molecule has 1 N–H and O–H groups in total. The summed E-state index contributed by atoms with van der Waals surface area (Å²) in [4.78, 5) is 23.2. The summed E-state index contributed by atoms with van der Waals surface area (Å²) in [7, 11) is 0. The van der Waals surface area contributed by atoms with Crippen LogP contribution < -0.4 is 10.1 Å². The number of hydrogen-bond donors (Lipinski definition) is 1. The predicted octanol–water partition coefficient (Wildman–Crippen LogP) is 6.82. The highest BCUT2D eigenvalue weighted by Crippen LogP contribution is 2.45. The smallest absolute Gasteiger partial charge is 0.416 e. The van der Waals surface area contributed by atoms with Gasteiger partial charge < -0.3 is 10.1 Å². The maximum Gasteiger partial charge on any atom is 0.416 e. The Morgan fingerprint density at radius 1 is 1.22 bits per heavy atom. The van der Waals surface area contributed by atoms with Crippen LogP contribution in [0.2, 0.25) is 0 Å². The third-order valence-electron chi connectivity index (χ3n) is 5.20. The molecule has 0 radical (unpaired) electrons. The van der Waals surface area contributed by atoms with Crippen LogP contribution in [0.25, 0.3) is 0 Å². The van der Waals surface area contributed by atoms with Crippen molar-refractivity contribution in [3.8, 4) is 11.5 Å². The molecule has 4 rings (SSSR count). The van der Waals surface area contributed by atoms with E-state index in [0.29, 0.717) is 5.69 Å². The monoisotopic (exact) mass is 574 g/mol. The van der Waals surface area contributed by atoms with Gasteiger partial charge in [-0.15, -0.1) is 0 Å². The van der Waals surface area contributed by atoms with Gasteiger partial charge in [-0.2, -0.15) is 18.3 Å². The van der Waals surface area contributed by atoms with Crippen LogP contribution in [0.4, 0.5) is 33.3 Å². The Labute approximate surface area is 208 Å². The quantitative estimate of drug-likeness (QED) is 0.181. The van der Waals surface area contributed by atoms with Gasteiger partial charge in [0.1, 0.15) is 23.7 Å². The van der Waals surface area contributed by atoms with E-state index in [4.69, 9.17) is 4.74 Å². The molecule has 1 fully saturated rings. The predicted molar refractivity (Wildman–Crippen MR) is 120 cm³/mol. The van der Waals surface area contributed by atoms with E-state index in [1.54, 1.807) is 0 Å². The Balaban J connectivity index is 1.56. The number of carbonyl (C=O) groups excluding carboxylic acids is 1. The molecule has 14 heteroatoms. The number of anilines is 1. The molecule has 1 aromatic heterocycles. The van der Waals surface area contributed by atoms with Crippen LogP contribution in [0, 0.1) is 10.1 Å². The molecule has 36 heavy (non-hydrogen) atoms. The lowest BCUT2D eigenvalue weighted by atomic mass is 10.2. The number of nitrogens with one attached hydrogen (secondary N) is 1. The van der Waals surface area contributed by atoms with Crippen LogP contribution >= 0.6 is 15.9 Å². The van der Waals surface area contributed by atoms with Gasteiger partial charge in [0, 0.05) is 18.1 Å². The Hall–Kier alpha value is -3.55. The maximum absolute atomic E-state index is 13.3. The number of nitrogens with zero attached hydrogens (tertiary/aromatic N) is 3. The van der Waals surface area contributed by atoms with Crippen molar-refractivity contribution in [2.45, 2.75) is 37.9 Å². The normalized spacial score (nSPS) is 13.6. The highest BCUT2D eigenvalue weighted by Gasteiger charge is 2.34. The number of nitro benzene ring substituents is 1. The first-order chi connectivity index (χ1) is 16.9. The third kappa shape index (κ3) is 5.80. The fourth-order valence-corrected chi connectivity index (χ4v) is 4.29. The van der Waals surface area contributed by atoms with Crippen molar-refractivity contribution < 1.29 is 36.4 Å². The van der Waals surface area contributed by atoms with Crippen molar-refractivity contribution in [1.82, 2.24) is 9.78 Å².